The van der Waals surface area contributed by atoms with E-state index < -0.39 is 0 Å². The number of urea groups is 1. The Morgan fingerprint density at radius 2 is 2.04 bits per heavy atom. The maximum Gasteiger partial charge on any atom is 0.321 e. The quantitative estimate of drug-likeness (QED) is 0.761. The highest BCUT2D eigenvalue weighted by atomic mass is 16.2. The highest BCUT2D eigenvalue weighted by Crippen LogP contribution is 2.27. The van der Waals surface area contributed by atoms with Crippen LogP contribution in [0.1, 0.15) is 17.3 Å². The minimum atomic E-state index is -0.0528. The van der Waals surface area contributed by atoms with Gasteiger partial charge >= 0.3 is 6.03 Å². The summed E-state index contributed by atoms with van der Waals surface area (Å²) < 4.78 is 0. The van der Waals surface area contributed by atoms with Crippen LogP contribution in [0.5, 0.6) is 0 Å². The van der Waals surface area contributed by atoms with Crippen molar-refractivity contribution >= 4 is 22.8 Å². The zero-order chi connectivity index (χ0) is 15.8. The van der Waals surface area contributed by atoms with E-state index in [0.717, 1.165) is 28.1 Å². The Bertz CT molecular complexity index is 831. The van der Waals surface area contributed by atoms with E-state index in [1.165, 1.54) is 0 Å². The molecule has 0 atom stereocenters. The summed E-state index contributed by atoms with van der Waals surface area (Å²) in [5, 5.41) is 2.94. The van der Waals surface area contributed by atoms with Crippen molar-refractivity contribution in [3.8, 4) is 0 Å². The number of aromatic nitrogens is 2. The molecule has 2 heterocycles. The number of benzene rings is 2. The van der Waals surface area contributed by atoms with Crippen molar-refractivity contribution in [1.82, 2.24) is 14.9 Å². The van der Waals surface area contributed by atoms with Crippen LogP contribution in [0.4, 0.5) is 10.5 Å². The number of fused-ring (bicyclic) bond motifs is 1. The van der Waals surface area contributed by atoms with Gasteiger partial charge < -0.3 is 15.2 Å². The highest BCUT2D eigenvalue weighted by Gasteiger charge is 2.33. The topological polar surface area (TPSA) is 61.0 Å². The zero-order valence-electron chi connectivity index (χ0n) is 12.9. The Labute approximate surface area is 134 Å². The first-order valence-corrected chi connectivity index (χ1v) is 7.76. The molecule has 5 nitrogen and oxygen atoms in total. The van der Waals surface area contributed by atoms with Crippen molar-refractivity contribution in [2.75, 3.05) is 18.4 Å². The van der Waals surface area contributed by atoms with Gasteiger partial charge in [0.15, 0.2) is 0 Å². The van der Waals surface area contributed by atoms with E-state index in [1.807, 2.05) is 55.5 Å². The summed E-state index contributed by atoms with van der Waals surface area (Å²) in [5.41, 5.74) is 3.99. The Hall–Kier alpha value is -2.82. The van der Waals surface area contributed by atoms with Crippen molar-refractivity contribution in [2.24, 2.45) is 0 Å². The van der Waals surface area contributed by atoms with Crippen LogP contribution in [0, 0.1) is 6.92 Å². The summed E-state index contributed by atoms with van der Waals surface area (Å²) in [6.45, 7) is 3.39. The van der Waals surface area contributed by atoms with Gasteiger partial charge in [0.25, 0.3) is 0 Å². The van der Waals surface area contributed by atoms with Gasteiger partial charge in [-0.25, -0.2) is 9.78 Å². The van der Waals surface area contributed by atoms with Gasteiger partial charge in [-0.05, 0) is 36.8 Å². The second-order valence-corrected chi connectivity index (χ2v) is 6.04. The largest absolute Gasteiger partial charge is 0.342 e. The second-order valence-electron chi connectivity index (χ2n) is 6.04. The van der Waals surface area contributed by atoms with E-state index in [9.17, 15) is 4.79 Å². The summed E-state index contributed by atoms with van der Waals surface area (Å²) in [6.07, 6.45) is 0. The number of hydrogen-bond acceptors (Lipinski definition) is 2. The minimum Gasteiger partial charge on any atom is -0.342 e. The van der Waals surface area contributed by atoms with E-state index in [4.69, 9.17) is 0 Å². The fourth-order valence-electron chi connectivity index (χ4n) is 2.91. The van der Waals surface area contributed by atoms with Gasteiger partial charge in [-0.3, -0.25) is 0 Å². The van der Waals surface area contributed by atoms with Crippen LogP contribution >= 0.6 is 0 Å². The number of nitrogens with one attached hydrogen (secondary N) is 2. The molecule has 4 rings (SSSR count). The van der Waals surface area contributed by atoms with Crippen molar-refractivity contribution in [1.29, 1.82) is 0 Å². The molecule has 0 unspecified atom stereocenters. The van der Waals surface area contributed by atoms with Crippen LogP contribution in [0.3, 0.4) is 0 Å². The van der Waals surface area contributed by atoms with E-state index >= 15 is 0 Å². The average Bonchev–Trinajstić information content (AvgIpc) is 2.89. The van der Waals surface area contributed by atoms with Crippen LogP contribution in [0.2, 0.25) is 0 Å². The molecule has 0 bridgehead atoms. The third-order valence-electron chi connectivity index (χ3n) is 4.23. The van der Waals surface area contributed by atoms with E-state index in [0.29, 0.717) is 13.1 Å². The molecule has 1 saturated heterocycles. The Balaban J connectivity index is 1.40. The molecule has 0 aliphatic carbocycles. The first kappa shape index (κ1) is 13.8. The molecular formula is C18H18N4O. The molecule has 23 heavy (non-hydrogen) atoms. The summed E-state index contributed by atoms with van der Waals surface area (Å²) in [4.78, 5) is 22.0. The number of likely N-dealkylation sites (tertiary alicyclic amines) is 1. The molecule has 116 valence electrons. The molecule has 0 spiro atoms. The summed E-state index contributed by atoms with van der Waals surface area (Å²) in [5.74, 6) is 1.25. The number of amides is 2. The van der Waals surface area contributed by atoms with Gasteiger partial charge in [0.2, 0.25) is 0 Å². The van der Waals surface area contributed by atoms with Gasteiger partial charge in [0, 0.05) is 18.8 Å². The lowest BCUT2D eigenvalue weighted by Crippen LogP contribution is -2.50. The number of anilines is 1. The molecule has 1 aliphatic rings. The molecule has 1 aliphatic heterocycles. The number of aromatic amines is 1. The van der Waals surface area contributed by atoms with Crippen molar-refractivity contribution in [2.45, 2.75) is 12.8 Å². The maximum absolute atomic E-state index is 12.2. The van der Waals surface area contributed by atoms with E-state index in [1.54, 1.807) is 4.90 Å². The standard InChI is InChI=1S/C18H18N4O/c1-12-5-4-6-14(9-12)19-18(23)22-10-13(11-22)17-20-15-7-2-3-8-16(15)21-17/h2-9,13H,10-11H2,1H3,(H,19,23)(H,20,21). The number of nitrogens with zero attached hydrogens (tertiary/aromatic N) is 2. The average molecular weight is 306 g/mol. The lowest BCUT2D eigenvalue weighted by molar-refractivity contribution is 0.161. The number of H-pyrrole nitrogens is 1. The van der Waals surface area contributed by atoms with Gasteiger partial charge in [-0.2, -0.15) is 0 Å². The number of para-hydroxylation sites is 2. The first-order valence-electron chi connectivity index (χ1n) is 7.76. The smallest absolute Gasteiger partial charge is 0.321 e. The second kappa shape index (κ2) is 5.43. The Kier molecular flexibility index (Phi) is 3.26. The van der Waals surface area contributed by atoms with Crippen LogP contribution < -0.4 is 5.32 Å². The maximum atomic E-state index is 12.2. The lowest BCUT2D eigenvalue weighted by atomic mass is 10.0. The molecule has 0 radical (unpaired) electrons. The molecule has 0 saturated carbocycles. The molecule has 1 aromatic heterocycles. The number of imidazole rings is 1. The van der Waals surface area contributed by atoms with Crippen LogP contribution in [0.25, 0.3) is 11.0 Å². The number of rotatable bonds is 2. The number of aryl methyl sites for hydroxylation is 1. The van der Waals surface area contributed by atoms with E-state index in [2.05, 4.69) is 15.3 Å². The number of carbonyl (C=O) groups excluding carboxylic acids is 1. The Morgan fingerprint density at radius 1 is 1.22 bits per heavy atom. The third kappa shape index (κ3) is 2.65. The predicted octanol–water partition coefficient (Wildman–Crippen LogP) is 3.50. The third-order valence-corrected chi connectivity index (χ3v) is 4.23. The summed E-state index contributed by atoms with van der Waals surface area (Å²) in [6, 6.07) is 15.8. The van der Waals surface area contributed by atoms with Gasteiger partial charge in [-0.1, -0.05) is 24.3 Å². The van der Waals surface area contributed by atoms with Crippen LogP contribution in [-0.4, -0.2) is 34.0 Å². The molecule has 5 heteroatoms. The molecule has 2 amide bonds. The van der Waals surface area contributed by atoms with E-state index in [-0.39, 0.29) is 11.9 Å². The Morgan fingerprint density at radius 3 is 2.83 bits per heavy atom. The molecular weight excluding hydrogens is 288 g/mol. The monoisotopic (exact) mass is 306 g/mol. The van der Waals surface area contributed by atoms with Gasteiger partial charge in [-0.15, -0.1) is 0 Å². The molecule has 2 aromatic carbocycles. The fraction of sp³-hybridized carbons (Fsp3) is 0.222. The van der Waals surface area contributed by atoms with Crippen LogP contribution in [0.15, 0.2) is 48.5 Å². The van der Waals surface area contributed by atoms with Crippen molar-refractivity contribution in [3.05, 3.63) is 59.9 Å². The fourth-order valence-corrected chi connectivity index (χ4v) is 2.91. The normalized spacial score (nSPS) is 14.7. The first-order chi connectivity index (χ1) is 11.2. The number of carbonyl (C=O) groups is 1. The SMILES string of the molecule is Cc1cccc(NC(=O)N2CC(c3nc4ccccc4[nH]3)C2)c1. The van der Waals surface area contributed by atoms with Gasteiger partial charge in [0.05, 0.1) is 17.0 Å². The highest BCUT2D eigenvalue weighted by molar-refractivity contribution is 5.90. The zero-order valence-corrected chi connectivity index (χ0v) is 12.9. The predicted molar refractivity (Wildman–Crippen MR) is 90.6 cm³/mol. The molecule has 2 N–H and O–H groups in total. The van der Waals surface area contributed by atoms with Gasteiger partial charge in [0.1, 0.15) is 5.82 Å². The van der Waals surface area contributed by atoms with Crippen molar-refractivity contribution in [3.63, 3.8) is 0 Å². The molecule has 3 aromatic rings. The van der Waals surface area contributed by atoms with Crippen molar-refractivity contribution < 1.29 is 4.79 Å². The minimum absolute atomic E-state index is 0.0528. The van der Waals surface area contributed by atoms with Crippen LogP contribution in [-0.2, 0) is 0 Å². The lowest BCUT2D eigenvalue weighted by Gasteiger charge is -2.38. The number of hydrogen-bond donors (Lipinski definition) is 2. The summed E-state index contributed by atoms with van der Waals surface area (Å²) >= 11 is 0. The molecule has 1 fully saturated rings. The summed E-state index contributed by atoms with van der Waals surface area (Å²) in [7, 11) is 0.